The summed E-state index contributed by atoms with van der Waals surface area (Å²) < 4.78 is 6.49. The Kier molecular flexibility index (Phi) is 6.59. The number of carbonyl (C=O) groups excluding carboxylic acids is 1. The SMILES string of the molecule is CCOC(=O)c1c(-c2ccc(Cl)c(Cl)c2)c(Cl)c(C)n(-c2ccc(Cl)cc2)c1=O. The van der Waals surface area contributed by atoms with Crippen molar-refractivity contribution < 1.29 is 9.53 Å². The van der Waals surface area contributed by atoms with Crippen LogP contribution in [-0.2, 0) is 4.74 Å². The number of nitrogens with zero attached hydrogens (tertiary/aromatic N) is 1. The number of hydrogen-bond acceptors (Lipinski definition) is 3. The molecule has 0 amide bonds. The van der Waals surface area contributed by atoms with Crippen LogP contribution in [0.3, 0.4) is 0 Å². The second-order valence-corrected chi connectivity index (χ2v) is 7.74. The topological polar surface area (TPSA) is 48.3 Å². The quantitative estimate of drug-likeness (QED) is 0.403. The number of rotatable bonds is 4. The lowest BCUT2D eigenvalue weighted by Gasteiger charge is -2.18. The predicted molar refractivity (Wildman–Crippen MR) is 118 cm³/mol. The van der Waals surface area contributed by atoms with Gasteiger partial charge in [0, 0.05) is 22.0 Å². The molecular weight excluding hydrogens is 456 g/mol. The first kappa shape index (κ1) is 21.7. The van der Waals surface area contributed by atoms with Gasteiger partial charge in [-0.25, -0.2) is 4.79 Å². The van der Waals surface area contributed by atoms with Gasteiger partial charge in [-0.2, -0.15) is 0 Å². The summed E-state index contributed by atoms with van der Waals surface area (Å²) in [7, 11) is 0. The largest absolute Gasteiger partial charge is 0.462 e. The minimum atomic E-state index is -0.775. The molecule has 3 aromatic rings. The van der Waals surface area contributed by atoms with E-state index in [0.717, 1.165) is 0 Å². The van der Waals surface area contributed by atoms with Crippen molar-refractivity contribution in [3.05, 3.63) is 84.2 Å². The molecule has 0 aliphatic heterocycles. The first-order valence-electron chi connectivity index (χ1n) is 8.59. The van der Waals surface area contributed by atoms with Gasteiger partial charge in [0.2, 0.25) is 0 Å². The third-order valence-electron chi connectivity index (χ3n) is 4.31. The van der Waals surface area contributed by atoms with Gasteiger partial charge in [-0.3, -0.25) is 9.36 Å². The molecule has 0 saturated heterocycles. The van der Waals surface area contributed by atoms with Gasteiger partial charge < -0.3 is 4.74 Å². The fourth-order valence-corrected chi connectivity index (χ4v) is 3.69. The molecule has 29 heavy (non-hydrogen) atoms. The van der Waals surface area contributed by atoms with E-state index in [4.69, 9.17) is 51.1 Å². The van der Waals surface area contributed by atoms with E-state index in [2.05, 4.69) is 0 Å². The molecule has 4 nitrogen and oxygen atoms in total. The summed E-state index contributed by atoms with van der Waals surface area (Å²) in [4.78, 5) is 26.1. The van der Waals surface area contributed by atoms with Gasteiger partial charge in [0.1, 0.15) is 5.56 Å². The van der Waals surface area contributed by atoms with Crippen LogP contribution in [0.4, 0.5) is 0 Å². The summed E-state index contributed by atoms with van der Waals surface area (Å²) in [5.41, 5.74) is 0.954. The van der Waals surface area contributed by atoms with Crippen molar-refractivity contribution in [2.75, 3.05) is 6.61 Å². The molecule has 0 spiro atoms. The Balaban J connectivity index is 2.40. The highest BCUT2D eigenvalue weighted by Gasteiger charge is 2.26. The van der Waals surface area contributed by atoms with E-state index in [9.17, 15) is 9.59 Å². The first-order valence-corrected chi connectivity index (χ1v) is 10.1. The average Bonchev–Trinajstić information content (AvgIpc) is 2.68. The normalized spacial score (nSPS) is 10.8. The summed E-state index contributed by atoms with van der Waals surface area (Å²) in [6.07, 6.45) is 0. The molecule has 1 aromatic heterocycles. The zero-order valence-electron chi connectivity index (χ0n) is 15.4. The van der Waals surface area contributed by atoms with E-state index in [1.807, 2.05) is 0 Å². The Labute approximate surface area is 187 Å². The van der Waals surface area contributed by atoms with Gasteiger partial charge in [0.15, 0.2) is 0 Å². The molecular formula is C21H15Cl4NO3. The smallest absolute Gasteiger partial charge is 0.344 e. The monoisotopic (exact) mass is 469 g/mol. The third-order valence-corrected chi connectivity index (χ3v) is 5.77. The number of pyridine rings is 1. The molecule has 0 N–H and O–H groups in total. The van der Waals surface area contributed by atoms with Crippen LogP contribution in [0, 0.1) is 6.92 Å². The molecule has 0 aliphatic rings. The molecule has 2 aromatic carbocycles. The predicted octanol–water partition coefficient (Wildman–Crippen LogP) is 6.60. The summed E-state index contributed by atoms with van der Waals surface area (Å²) in [6.45, 7) is 3.45. The zero-order chi connectivity index (χ0) is 21.3. The molecule has 0 fully saturated rings. The maximum atomic E-state index is 13.4. The Bertz CT molecular complexity index is 1150. The van der Waals surface area contributed by atoms with Crippen LogP contribution in [0.5, 0.6) is 0 Å². The van der Waals surface area contributed by atoms with Crippen molar-refractivity contribution in [3.63, 3.8) is 0 Å². The lowest BCUT2D eigenvalue weighted by Crippen LogP contribution is -2.29. The lowest BCUT2D eigenvalue weighted by atomic mass is 9.99. The highest BCUT2D eigenvalue weighted by Crippen LogP contribution is 2.36. The van der Waals surface area contributed by atoms with Gasteiger partial charge in [-0.05, 0) is 55.8 Å². The second-order valence-electron chi connectivity index (χ2n) is 6.12. The number of hydrogen-bond donors (Lipinski definition) is 0. The van der Waals surface area contributed by atoms with E-state index >= 15 is 0 Å². The van der Waals surface area contributed by atoms with E-state index in [-0.39, 0.29) is 27.8 Å². The van der Waals surface area contributed by atoms with Crippen LogP contribution in [0.1, 0.15) is 23.0 Å². The molecule has 8 heteroatoms. The van der Waals surface area contributed by atoms with E-state index in [0.29, 0.717) is 27.0 Å². The lowest BCUT2D eigenvalue weighted by molar-refractivity contribution is 0.0525. The third kappa shape index (κ3) is 4.17. The van der Waals surface area contributed by atoms with Crippen LogP contribution in [0.2, 0.25) is 20.1 Å². The number of carbonyl (C=O) groups is 1. The van der Waals surface area contributed by atoms with Crippen LogP contribution in [-0.4, -0.2) is 17.1 Å². The maximum absolute atomic E-state index is 13.4. The molecule has 0 unspecified atom stereocenters. The van der Waals surface area contributed by atoms with Crippen molar-refractivity contribution in [1.29, 1.82) is 0 Å². The fraction of sp³-hybridized carbons (Fsp3) is 0.143. The Hall–Kier alpha value is -1.98. The van der Waals surface area contributed by atoms with Gasteiger partial charge in [-0.1, -0.05) is 52.5 Å². The standard InChI is InChI=1S/C21H15Cl4NO3/c1-3-29-21(28)18-17(12-4-9-15(23)16(24)10-12)19(25)11(2)26(20(18)27)14-7-5-13(22)6-8-14/h4-10H,3H2,1-2H3. The van der Waals surface area contributed by atoms with Crippen LogP contribution in [0.25, 0.3) is 16.8 Å². The van der Waals surface area contributed by atoms with Crippen molar-refractivity contribution in [2.24, 2.45) is 0 Å². The Morgan fingerprint density at radius 3 is 2.24 bits per heavy atom. The van der Waals surface area contributed by atoms with Crippen LogP contribution < -0.4 is 5.56 Å². The van der Waals surface area contributed by atoms with Gasteiger partial charge in [-0.15, -0.1) is 0 Å². The Morgan fingerprint density at radius 2 is 1.66 bits per heavy atom. The van der Waals surface area contributed by atoms with Gasteiger partial charge in [0.05, 0.1) is 21.7 Å². The highest BCUT2D eigenvalue weighted by molar-refractivity contribution is 6.42. The molecule has 3 rings (SSSR count). The van der Waals surface area contributed by atoms with Crippen molar-refractivity contribution in [3.8, 4) is 16.8 Å². The van der Waals surface area contributed by atoms with E-state index in [1.54, 1.807) is 56.3 Å². The summed E-state index contributed by atoms with van der Waals surface area (Å²) >= 11 is 24.8. The molecule has 0 saturated carbocycles. The fourth-order valence-electron chi connectivity index (χ4n) is 2.98. The minimum Gasteiger partial charge on any atom is -0.462 e. The summed E-state index contributed by atoms with van der Waals surface area (Å²) in [5.74, 6) is -0.775. The van der Waals surface area contributed by atoms with E-state index in [1.165, 1.54) is 4.57 Å². The molecule has 0 radical (unpaired) electrons. The van der Waals surface area contributed by atoms with Gasteiger partial charge in [0.25, 0.3) is 5.56 Å². The first-order chi connectivity index (χ1) is 13.8. The highest BCUT2D eigenvalue weighted by atomic mass is 35.5. The number of halogens is 4. The summed E-state index contributed by atoms with van der Waals surface area (Å²) in [5, 5.41) is 1.36. The molecule has 150 valence electrons. The number of aromatic nitrogens is 1. The van der Waals surface area contributed by atoms with E-state index < -0.39 is 11.5 Å². The average molecular weight is 471 g/mol. The molecule has 0 bridgehead atoms. The van der Waals surface area contributed by atoms with Crippen molar-refractivity contribution >= 4 is 52.4 Å². The Morgan fingerprint density at radius 1 is 1.00 bits per heavy atom. The van der Waals surface area contributed by atoms with Crippen molar-refractivity contribution in [1.82, 2.24) is 4.57 Å². The van der Waals surface area contributed by atoms with Crippen LogP contribution in [0.15, 0.2) is 47.3 Å². The molecule has 1 heterocycles. The molecule has 0 aliphatic carbocycles. The zero-order valence-corrected chi connectivity index (χ0v) is 18.5. The minimum absolute atomic E-state index is 0.103. The maximum Gasteiger partial charge on any atom is 0.344 e. The number of benzene rings is 2. The van der Waals surface area contributed by atoms with Crippen LogP contribution >= 0.6 is 46.4 Å². The summed E-state index contributed by atoms with van der Waals surface area (Å²) in [6, 6.07) is 11.4. The number of esters is 1. The second kappa shape index (κ2) is 8.80. The van der Waals surface area contributed by atoms with Crippen molar-refractivity contribution in [2.45, 2.75) is 13.8 Å². The van der Waals surface area contributed by atoms with Gasteiger partial charge >= 0.3 is 5.97 Å². The molecule has 0 atom stereocenters. The number of ether oxygens (including phenoxy) is 1.